The highest BCUT2D eigenvalue weighted by Crippen LogP contribution is 2.26. The van der Waals surface area contributed by atoms with Gasteiger partial charge in [0.05, 0.1) is 31.1 Å². The average molecular weight is 367 g/mol. The van der Waals surface area contributed by atoms with E-state index in [2.05, 4.69) is 0 Å². The molecule has 1 aliphatic carbocycles. The monoisotopic (exact) mass is 366 g/mol. The van der Waals surface area contributed by atoms with Crippen LogP contribution in [0.15, 0.2) is 23.1 Å². The zero-order valence-electron chi connectivity index (χ0n) is 15.3. The number of hydrogen-bond acceptors (Lipinski definition) is 3. The number of hydrogen-bond donors (Lipinski definition) is 1. The van der Waals surface area contributed by atoms with Crippen molar-refractivity contribution < 1.29 is 18.1 Å². The van der Waals surface area contributed by atoms with Gasteiger partial charge in [-0.25, -0.2) is 8.42 Å². The summed E-state index contributed by atoms with van der Waals surface area (Å²) in [6.07, 6.45) is 3.13. The number of piperazine rings is 1. The first-order valence-corrected chi connectivity index (χ1v) is 10.4. The number of nitrogens with one attached hydrogen (secondary N) is 1. The van der Waals surface area contributed by atoms with Crippen LogP contribution in [0.4, 0.5) is 0 Å². The van der Waals surface area contributed by atoms with Gasteiger partial charge in [0, 0.05) is 14.1 Å². The Balaban J connectivity index is 1.69. The SMILES string of the molecule is C[C@@H](C(=O)N(C)C)[NH+]1CCN(S(=O)(=O)c2ccc3c(c2)CCC3)CC1. The second-order valence-corrected chi connectivity index (χ2v) is 9.24. The van der Waals surface area contributed by atoms with Crippen LogP contribution >= 0.6 is 0 Å². The van der Waals surface area contributed by atoms with Crippen molar-refractivity contribution in [3.05, 3.63) is 29.3 Å². The maximum Gasteiger partial charge on any atom is 0.280 e. The lowest BCUT2D eigenvalue weighted by Gasteiger charge is -2.34. The number of rotatable bonds is 4. The molecule has 1 saturated heterocycles. The molecule has 6 nitrogen and oxygen atoms in total. The maximum absolute atomic E-state index is 12.9. The van der Waals surface area contributed by atoms with Gasteiger partial charge in [-0.15, -0.1) is 0 Å². The van der Waals surface area contributed by atoms with Crippen molar-refractivity contribution >= 4 is 15.9 Å². The fourth-order valence-corrected chi connectivity index (χ4v) is 5.36. The lowest BCUT2D eigenvalue weighted by atomic mass is 10.1. The third kappa shape index (κ3) is 3.59. The number of carbonyl (C=O) groups is 1. The molecule has 2 aliphatic rings. The second-order valence-electron chi connectivity index (χ2n) is 7.30. The molecule has 25 heavy (non-hydrogen) atoms. The van der Waals surface area contributed by atoms with Crippen LogP contribution in [0.5, 0.6) is 0 Å². The first kappa shape index (κ1) is 18.4. The van der Waals surface area contributed by atoms with Gasteiger partial charge < -0.3 is 9.80 Å². The fourth-order valence-electron chi connectivity index (χ4n) is 3.87. The van der Waals surface area contributed by atoms with Crippen LogP contribution in [0.3, 0.4) is 0 Å². The quantitative estimate of drug-likeness (QED) is 0.785. The minimum absolute atomic E-state index is 0.0879. The summed E-state index contributed by atoms with van der Waals surface area (Å²) in [4.78, 5) is 15.3. The molecular weight excluding hydrogens is 338 g/mol. The Morgan fingerprint density at radius 3 is 2.44 bits per heavy atom. The van der Waals surface area contributed by atoms with E-state index >= 15 is 0 Å². The lowest BCUT2D eigenvalue weighted by Crippen LogP contribution is -3.19. The molecule has 1 atom stereocenters. The molecule has 3 rings (SSSR count). The number of sulfonamides is 1. The molecule has 0 unspecified atom stereocenters. The van der Waals surface area contributed by atoms with Crippen molar-refractivity contribution in [2.45, 2.75) is 37.1 Å². The van der Waals surface area contributed by atoms with E-state index in [1.807, 2.05) is 19.1 Å². The van der Waals surface area contributed by atoms with Gasteiger partial charge in [-0.05, 0) is 49.4 Å². The summed E-state index contributed by atoms with van der Waals surface area (Å²) in [7, 11) is 0.0689. The normalized spacial score (nSPS) is 20.3. The number of quaternary nitrogens is 1. The van der Waals surface area contributed by atoms with Gasteiger partial charge in [0.2, 0.25) is 10.0 Å². The smallest absolute Gasteiger partial charge is 0.280 e. The predicted molar refractivity (Wildman–Crippen MR) is 96.1 cm³/mol. The average Bonchev–Trinajstić information content (AvgIpc) is 3.08. The number of carbonyl (C=O) groups excluding carboxylic acids is 1. The van der Waals surface area contributed by atoms with Gasteiger partial charge >= 0.3 is 0 Å². The Morgan fingerprint density at radius 1 is 1.16 bits per heavy atom. The van der Waals surface area contributed by atoms with Gasteiger partial charge in [-0.2, -0.15) is 4.31 Å². The summed E-state index contributed by atoms with van der Waals surface area (Å²) < 4.78 is 27.5. The minimum Gasteiger partial charge on any atom is -0.344 e. The Labute approximate surface area is 150 Å². The molecule has 1 aromatic carbocycles. The fraction of sp³-hybridized carbons (Fsp3) is 0.611. The molecule has 0 aromatic heterocycles. The highest BCUT2D eigenvalue weighted by atomic mass is 32.2. The Bertz CT molecular complexity index is 753. The summed E-state index contributed by atoms with van der Waals surface area (Å²) in [6.45, 7) is 4.15. The topological polar surface area (TPSA) is 62.1 Å². The summed E-state index contributed by atoms with van der Waals surface area (Å²) >= 11 is 0. The van der Waals surface area contributed by atoms with E-state index < -0.39 is 10.0 Å². The number of amides is 1. The van der Waals surface area contributed by atoms with E-state index in [0.717, 1.165) is 24.2 Å². The summed E-state index contributed by atoms with van der Waals surface area (Å²) in [5, 5.41) is 0. The molecule has 1 aromatic rings. The molecule has 1 fully saturated rings. The van der Waals surface area contributed by atoms with Crippen molar-refractivity contribution in [2.75, 3.05) is 40.3 Å². The third-order valence-corrected chi connectivity index (χ3v) is 7.39. The zero-order chi connectivity index (χ0) is 18.2. The van der Waals surface area contributed by atoms with Gasteiger partial charge in [0.1, 0.15) is 0 Å². The van der Waals surface area contributed by atoms with E-state index in [1.165, 1.54) is 11.1 Å². The molecular formula is C18H28N3O3S+. The molecule has 0 bridgehead atoms. The molecule has 1 N–H and O–H groups in total. The number of likely N-dealkylation sites (N-methyl/N-ethyl adjacent to an activating group) is 1. The van der Waals surface area contributed by atoms with Crippen molar-refractivity contribution in [3.8, 4) is 0 Å². The van der Waals surface area contributed by atoms with E-state index in [9.17, 15) is 13.2 Å². The van der Waals surface area contributed by atoms with Gasteiger partial charge in [-0.1, -0.05) is 6.07 Å². The van der Waals surface area contributed by atoms with Crippen LogP contribution in [0.1, 0.15) is 24.5 Å². The van der Waals surface area contributed by atoms with Crippen molar-refractivity contribution in [1.29, 1.82) is 0 Å². The number of nitrogens with zero attached hydrogens (tertiary/aromatic N) is 2. The van der Waals surface area contributed by atoms with Crippen molar-refractivity contribution in [3.63, 3.8) is 0 Å². The van der Waals surface area contributed by atoms with Gasteiger partial charge in [0.15, 0.2) is 6.04 Å². The first-order chi connectivity index (χ1) is 11.8. The zero-order valence-corrected chi connectivity index (χ0v) is 16.1. The molecule has 138 valence electrons. The Morgan fingerprint density at radius 2 is 1.80 bits per heavy atom. The molecule has 0 radical (unpaired) electrons. The predicted octanol–water partition coefficient (Wildman–Crippen LogP) is -0.459. The molecule has 0 saturated carbocycles. The number of fused-ring (bicyclic) bond motifs is 1. The second kappa shape index (κ2) is 7.05. The highest BCUT2D eigenvalue weighted by Gasteiger charge is 2.35. The highest BCUT2D eigenvalue weighted by molar-refractivity contribution is 7.89. The maximum atomic E-state index is 12.9. The third-order valence-electron chi connectivity index (χ3n) is 5.50. The van der Waals surface area contributed by atoms with Gasteiger partial charge in [0.25, 0.3) is 5.91 Å². The van der Waals surface area contributed by atoms with Gasteiger partial charge in [-0.3, -0.25) is 4.79 Å². The van der Waals surface area contributed by atoms with Crippen LogP contribution < -0.4 is 4.90 Å². The Kier molecular flexibility index (Phi) is 5.18. The van der Waals surface area contributed by atoms with Crippen LogP contribution in [0, 0.1) is 0 Å². The lowest BCUT2D eigenvalue weighted by molar-refractivity contribution is -0.917. The van der Waals surface area contributed by atoms with Crippen LogP contribution in [0.25, 0.3) is 0 Å². The van der Waals surface area contributed by atoms with E-state index in [0.29, 0.717) is 31.1 Å². The molecule has 1 aliphatic heterocycles. The van der Waals surface area contributed by atoms with Crippen LogP contribution in [-0.4, -0.2) is 69.8 Å². The minimum atomic E-state index is -3.44. The summed E-state index contributed by atoms with van der Waals surface area (Å²) in [5.74, 6) is 0.0879. The van der Waals surface area contributed by atoms with Crippen molar-refractivity contribution in [1.82, 2.24) is 9.21 Å². The number of benzene rings is 1. The Hall–Kier alpha value is -1.44. The molecule has 7 heteroatoms. The molecule has 1 amide bonds. The summed E-state index contributed by atoms with van der Waals surface area (Å²) in [6, 6.07) is 5.43. The largest absolute Gasteiger partial charge is 0.344 e. The van der Waals surface area contributed by atoms with Crippen LogP contribution in [0.2, 0.25) is 0 Å². The molecule has 1 heterocycles. The van der Waals surface area contributed by atoms with Crippen LogP contribution in [-0.2, 0) is 27.7 Å². The molecule has 0 spiro atoms. The summed E-state index contributed by atoms with van der Waals surface area (Å²) in [5.41, 5.74) is 2.46. The first-order valence-electron chi connectivity index (χ1n) is 8.98. The standard InChI is InChI=1S/C18H27N3O3S/c1-14(18(22)19(2)3)20-9-11-21(12-10-20)25(23,24)17-8-7-15-5-4-6-16(15)13-17/h7-8,13-14H,4-6,9-12H2,1-3H3/p+1/t14-/m0/s1. The van der Waals surface area contributed by atoms with Crippen molar-refractivity contribution in [2.24, 2.45) is 0 Å². The van der Waals surface area contributed by atoms with E-state index in [-0.39, 0.29) is 11.9 Å². The van der Waals surface area contributed by atoms with E-state index in [1.54, 1.807) is 29.4 Å². The number of aryl methyl sites for hydroxylation is 2. The van der Waals surface area contributed by atoms with E-state index in [4.69, 9.17) is 0 Å².